The lowest BCUT2D eigenvalue weighted by atomic mass is 10.1. The van der Waals surface area contributed by atoms with Crippen LogP contribution in [0.4, 0.5) is 0 Å². The van der Waals surface area contributed by atoms with Crippen LogP contribution in [-0.4, -0.2) is 51.1 Å². The second kappa shape index (κ2) is 11.7. The summed E-state index contributed by atoms with van der Waals surface area (Å²) < 4.78 is 16.6. The van der Waals surface area contributed by atoms with Gasteiger partial charge in [0.15, 0.2) is 18.1 Å². The smallest absolute Gasteiger partial charge is 0.259 e. The molecule has 0 saturated carbocycles. The number of ether oxygens (including phenoxy) is 3. The van der Waals surface area contributed by atoms with E-state index < -0.39 is 0 Å². The van der Waals surface area contributed by atoms with Gasteiger partial charge < -0.3 is 24.4 Å². The van der Waals surface area contributed by atoms with E-state index in [-0.39, 0.29) is 18.4 Å². The van der Waals surface area contributed by atoms with Crippen LogP contribution in [0.2, 0.25) is 0 Å². The van der Waals surface area contributed by atoms with E-state index in [1.165, 1.54) is 4.90 Å². The summed E-state index contributed by atoms with van der Waals surface area (Å²) in [6.45, 7) is 3.01. The molecule has 30 heavy (non-hydrogen) atoms. The van der Waals surface area contributed by atoms with Crippen molar-refractivity contribution >= 4 is 11.8 Å². The van der Waals surface area contributed by atoms with Crippen LogP contribution in [-0.2, 0) is 11.3 Å². The number of hydrogen-bond acceptors (Lipinski definition) is 5. The van der Waals surface area contributed by atoms with Gasteiger partial charge in [0.05, 0.1) is 13.7 Å². The lowest BCUT2D eigenvalue weighted by molar-refractivity contribution is -0.130. The molecule has 2 aromatic carbocycles. The first-order valence-corrected chi connectivity index (χ1v) is 9.95. The molecule has 0 aromatic heterocycles. The Kier molecular flexibility index (Phi) is 9.00. The molecule has 1 N–H and O–H groups in total. The highest BCUT2D eigenvalue weighted by Gasteiger charge is 2.10. The normalized spacial score (nSPS) is 10.3. The number of amides is 2. The Hall–Kier alpha value is -3.22. The molecule has 2 rings (SSSR count). The van der Waals surface area contributed by atoms with Gasteiger partial charge in [-0.15, -0.1) is 0 Å². The van der Waals surface area contributed by atoms with E-state index in [9.17, 15) is 9.59 Å². The molecule has 0 aliphatic heterocycles. The molecule has 0 spiro atoms. The second-order valence-electron chi connectivity index (χ2n) is 6.97. The van der Waals surface area contributed by atoms with Crippen LogP contribution >= 0.6 is 0 Å². The van der Waals surface area contributed by atoms with Gasteiger partial charge in [-0.2, -0.15) is 0 Å². The summed E-state index contributed by atoms with van der Waals surface area (Å²) in [7, 11) is 4.92. The van der Waals surface area contributed by atoms with Gasteiger partial charge >= 0.3 is 0 Å². The molecule has 0 saturated heterocycles. The summed E-state index contributed by atoms with van der Waals surface area (Å²) in [5.41, 5.74) is 1.35. The van der Waals surface area contributed by atoms with Crippen LogP contribution in [0.3, 0.4) is 0 Å². The molecule has 0 atom stereocenters. The highest BCUT2D eigenvalue weighted by molar-refractivity contribution is 5.94. The van der Waals surface area contributed by atoms with Crippen molar-refractivity contribution in [3.63, 3.8) is 0 Å². The number of unbranched alkanes of at least 4 members (excludes halogenated alkanes) is 1. The molecule has 2 aromatic rings. The monoisotopic (exact) mass is 414 g/mol. The lowest BCUT2D eigenvalue weighted by Gasteiger charge is -2.13. The van der Waals surface area contributed by atoms with Crippen LogP contribution < -0.4 is 19.5 Å². The fraction of sp³-hybridized carbons (Fsp3) is 0.391. The molecule has 7 heteroatoms. The van der Waals surface area contributed by atoms with Crippen LogP contribution in [0.15, 0.2) is 42.5 Å². The van der Waals surface area contributed by atoms with Crippen LogP contribution in [0, 0.1) is 0 Å². The maximum Gasteiger partial charge on any atom is 0.259 e. The number of methoxy groups -OCH3 is 1. The third kappa shape index (κ3) is 6.99. The fourth-order valence-corrected chi connectivity index (χ4v) is 2.55. The standard InChI is InChI=1S/C23H30N2O5/c1-5-6-12-29-20-11-10-17(13-21(20)28-4)15-24-23(27)18-8-7-9-19(14-18)30-16-22(26)25(2)3/h7-11,13-14H,5-6,12,15-16H2,1-4H3,(H,24,27). The van der Waals surface area contributed by atoms with Crippen molar-refractivity contribution in [1.82, 2.24) is 10.2 Å². The van der Waals surface area contributed by atoms with Crippen molar-refractivity contribution in [2.75, 3.05) is 34.4 Å². The Balaban J connectivity index is 1.95. The highest BCUT2D eigenvalue weighted by Crippen LogP contribution is 2.28. The average Bonchev–Trinajstić information content (AvgIpc) is 2.76. The maximum absolute atomic E-state index is 12.5. The van der Waals surface area contributed by atoms with Gasteiger partial charge in [0.1, 0.15) is 5.75 Å². The molecular formula is C23H30N2O5. The van der Waals surface area contributed by atoms with Crippen molar-refractivity contribution in [3.05, 3.63) is 53.6 Å². The number of likely N-dealkylation sites (N-methyl/N-ethyl adjacent to an activating group) is 1. The largest absolute Gasteiger partial charge is 0.493 e. The number of hydrogen-bond donors (Lipinski definition) is 1. The number of carbonyl (C=O) groups is 2. The lowest BCUT2D eigenvalue weighted by Crippen LogP contribution is -2.27. The Labute approximate surface area is 177 Å². The van der Waals surface area contributed by atoms with Gasteiger partial charge in [0.25, 0.3) is 11.8 Å². The fourth-order valence-electron chi connectivity index (χ4n) is 2.55. The molecule has 0 heterocycles. The molecule has 0 aliphatic carbocycles. The van der Waals surface area contributed by atoms with Crippen LogP contribution in [0.1, 0.15) is 35.7 Å². The molecule has 7 nitrogen and oxygen atoms in total. The van der Waals surface area contributed by atoms with Gasteiger partial charge in [-0.3, -0.25) is 9.59 Å². The van der Waals surface area contributed by atoms with Crippen molar-refractivity contribution in [2.45, 2.75) is 26.3 Å². The Morgan fingerprint density at radius 1 is 1.03 bits per heavy atom. The topological polar surface area (TPSA) is 77.1 Å². The van der Waals surface area contributed by atoms with E-state index in [1.54, 1.807) is 45.5 Å². The third-order valence-corrected chi connectivity index (χ3v) is 4.39. The quantitative estimate of drug-likeness (QED) is 0.571. The number of nitrogens with one attached hydrogen (secondary N) is 1. The minimum Gasteiger partial charge on any atom is -0.493 e. The zero-order valence-corrected chi connectivity index (χ0v) is 18.1. The highest BCUT2D eigenvalue weighted by atomic mass is 16.5. The van der Waals surface area contributed by atoms with Crippen LogP contribution in [0.25, 0.3) is 0 Å². The summed E-state index contributed by atoms with van der Waals surface area (Å²) in [6, 6.07) is 12.3. The molecule has 0 bridgehead atoms. The Morgan fingerprint density at radius 3 is 2.53 bits per heavy atom. The maximum atomic E-state index is 12.5. The van der Waals surface area contributed by atoms with E-state index in [0.717, 1.165) is 18.4 Å². The Morgan fingerprint density at radius 2 is 1.83 bits per heavy atom. The minimum absolute atomic E-state index is 0.0788. The average molecular weight is 415 g/mol. The van der Waals surface area contributed by atoms with Crippen molar-refractivity contribution in [3.8, 4) is 17.2 Å². The minimum atomic E-state index is -0.235. The summed E-state index contributed by atoms with van der Waals surface area (Å²) in [5.74, 6) is 1.41. The third-order valence-electron chi connectivity index (χ3n) is 4.39. The predicted octanol–water partition coefficient (Wildman–Crippen LogP) is 3.27. The zero-order chi connectivity index (χ0) is 21.9. The predicted molar refractivity (Wildman–Crippen MR) is 115 cm³/mol. The number of carbonyl (C=O) groups excluding carboxylic acids is 2. The van der Waals surface area contributed by atoms with E-state index in [1.807, 2.05) is 18.2 Å². The molecule has 2 amide bonds. The first-order chi connectivity index (χ1) is 14.4. The van der Waals surface area contributed by atoms with Gasteiger partial charge in [0.2, 0.25) is 0 Å². The summed E-state index contributed by atoms with van der Waals surface area (Å²) in [5, 5.41) is 2.88. The molecule has 0 aliphatic rings. The summed E-state index contributed by atoms with van der Waals surface area (Å²) in [4.78, 5) is 25.6. The first-order valence-electron chi connectivity index (χ1n) is 9.95. The number of benzene rings is 2. The van der Waals surface area contributed by atoms with Gasteiger partial charge in [-0.25, -0.2) is 0 Å². The van der Waals surface area contributed by atoms with Crippen molar-refractivity contribution in [1.29, 1.82) is 0 Å². The van der Waals surface area contributed by atoms with Crippen molar-refractivity contribution in [2.24, 2.45) is 0 Å². The van der Waals surface area contributed by atoms with E-state index in [4.69, 9.17) is 14.2 Å². The summed E-state index contributed by atoms with van der Waals surface area (Å²) >= 11 is 0. The Bertz CT molecular complexity index is 851. The zero-order valence-electron chi connectivity index (χ0n) is 18.1. The molecule has 162 valence electrons. The summed E-state index contributed by atoms with van der Waals surface area (Å²) in [6.07, 6.45) is 2.04. The van der Waals surface area contributed by atoms with Gasteiger partial charge in [-0.1, -0.05) is 25.5 Å². The first kappa shape index (κ1) is 23.1. The van der Waals surface area contributed by atoms with Crippen molar-refractivity contribution < 1.29 is 23.8 Å². The molecule has 0 unspecified atom stereocenters. The second-order valence-corrected chi connectivity index (χ2v) is 6.97. The number of nitrogens with zero attached hydrogens (tertiary/aromatic N) is 1. The van der Waals surface area contributed by atoms with Gasteiger partial charge in [-0.05, 0) is 42.3 Å². The number of rotatable bonds is 11. The van der Waals surface area contributed by atoms with E-state index in [0.29, 0.717) is 36.0 Å². The van der Waals surface area contributed by atoms with E-state index in [2.05, 4.69) is 12.2 Å². The molecule has 0 radical (unpaired) electrons. The van der Waals surface area contributed by atoms with Crippen LogP contribution in [0.5, 0.6) is 17.2 Å². The van der Waals surface area contributed by atoms with E-state index >= 15 is 0 Å². The van der Waals surface area contributed by atoms with Gasteiger partial charge in [0, 0.05) is 26.2 Å². The molecular weight excluding hydrogens is 384 g/mol. The molecule has 0 fully saturated rings. The SMILES string of the molecule is CCCCOc1ccc(CNC(=O)c2cccc(OCC(=O)N(C)C)c2)cc1OC.